The molecule has 0 bridgehead atoms. The molecule has 0 saturated heterocycles. The molecule has 1 aliphatic rings. The molecule has 1 heterocycles. The summed E-state index contributed by atoms with van der Waals surface area (Å²) in [5.41, 5.74) is 0. The molecule has 0 unspecified atom stereocenters. The topological polar surface area (TPSA) is 30.9 Å². The number of hydrogen-bond acceptors (Lipinski definition) is 4. The minimum Gasteiger partial charge on any atom is -0.374 e. The summed E-state index contributed by atoms with van der Waals surface area (Å²) in [6.07, 6.45) is 2.01. The van der Waals surface area contributed by atoms with Crippen molar-refractivity contribution in [2.24, 2.45) is 0 Å². The average molecular weight is 271 g/mol. The normalized spacial score (nSPS) is 14.7. The highest BCUT2D eigenvalue weighted by molar-refractivity contribution is 6.60. The lowest BCUT2D eigenvalue weighted by molar-refractivity contribution is 0.0704. The summed E-state index contributed by atoms with van der Waals surface area (Å²) in [5.74, 6) is 3.09. The molecular formula is C13H25NO3Si. The largest absolute Gasteiger partial charge is 0.500 e. The number of nitrogens with zero attached hydrogens (tertiary/aromatic N) is 1. The Morgan fingerprint density at radius 2 is 1.67 bits per heavy atom. The molecule has 0 aliphatic carbocycles. The predicted molar refractivity (Wildman–Crippen MR) is 74.0 cm³/mol. The van der Waals surface area contributed by atoms with Gasteiger partial charge in [-0.25, -0.2) is 0 Å². The van der Waals surface area contributed by atoms with Crippen LogP contribution in [0, 0.1) is 12.0 Å². The van der Waals surface area contributed by atoms with E-state index in [1.807, 2.05) is 20.8 Å². The third-order valence-electron chi connectivity index (χ3n) is 2.75. The van der Waals surface area contributed by atoms with Crippen LogP contribution in [-0.2, 0) is 13.3 Å². The average Bonchev–Trinajstić information content (AvgIpc) is 2.83. The Morgan fingerprint density at radius 1 is 1.06 bits per heavy atom. The summed E-state index contributed by atoms with van der Waals surface area (Å²) >= 11 is 0. The molecule has 0 fully saturated rings. The van der Waals surface area contributed by atoms with Crippen LogP contribution in [-0.4, -0.2) is 46.6 Å². The van der Waals surface area contributed by atoms with Gasteiger partial charge >= 0.3 is 8.80 Å². The molecule has 18 heavy (non-hydrogen) atoms. The molecule has 4 nitrogen and oxygen atoms in total. The van der Waals surface area contributed by atoms with E-state index in [9.17, 15) is 0 Å². The van der Waals surface area contributed by atoms with Crippen molar-refractivity contribution >= 4 is 8.80 Å². The van der Waals surface area contributed by atoms with Gasteiger partial charge in [0.2, 0.25) is 0 Å². The molecule has 0 spiro atoms. The summed E-state index contributed by atoms with van der Waals surface area (Å²) in [4.78, 5) is 2.17. The van der Waals surface area contributed by atoms with Crippen LogP contribution in [0.15, 0.2) is 0 Å². The maximum Gasteiger partial charge on any atom is 0.500 e. The van der Waals surface area contributed by atoms with Crippen molar-refractivity contribution in [2.75, 3.05) is 32.9 Å². The first-order chi connectivity index (χ1) is 8.76. The first-order valence-corrected chi connectivity index (χ1v) is 8.84. The molecule has 0 aromatic heterocycles. The lowest BCUT2D eigenvalue weighted by Gasteiger charge is -2.28. The van der Waals surface area contributed by atoms with E-state index in [2.05, 4.69) is 16.9 Å². The van der Waals surface area contributed by atoms with Gasteiger partial charge in [-0.05, 0) is 27.2 Å². The second-order valence-electron chi connectivity index (χ2n) is 4.11. The lowest BCUT2D eigenvalue weighted by atomic mass is 10.4. The minimum atomic E-state index is -2.44. The van der Waals surface area contributed by atoms with Gasteiger partial charge in [0.1, 0.15) is 0 Å². The third kappa shape index (κ3) is 4.98. The van der Waals surface area contributed by atoms with E-state index in [1.165, 1.54) is 0 Å². The number of hydrogen-bond donors (Lipinski definition) is 0. The van der Waals surface area contributed by atoms with Gasteiger partial charge in [-0.15, -0.1) is 0 Å². The van der Waals surface area contributed by atoms with Crippen LogP contribution in [0.25, 0.3) is 0 Å². The van der Waals surface area contributed by atoms with Crippen molar-refractivity contribution in [3.8, 4) is 12.0 Å². The van der Waals surface area contributed by atoms with Crippen molar-refractivity contribution in [3.63, 3.8) is 0 Å². The highest BCUT2D eigenvalue weighted by atomic mass is 28.4. The molecule has 0 aromatic rings. The van der Waals surface area contributed by atoms with E-state index in [0.29, 0.717) is 19.8 Å². The molecule has 0 aromatic carbocycles. The first-order valence-electron chi connectivity index (χ1n) is 6.91. The Morgan fingerprint density at radius 3 is 2.11 bits per heavy atom. The van der Waals surface area contributed by atoms with Crippen LogP contribution in [0.1, 0.15) is 33.6 Å². The van der Waals surface area contributed by atoms with Crippen LogP contribution in [0.2, 0.25) is 6.04 Å². The van der Waals surface area contributed by atoms with Crippen LogP contribution < -0.4 is 0 Å². The summed E-state index contributed by atoms with van der Waals surface area (Å²) in [7, 11) is -2.44. The van der Waals surface area contributed by atoms with Crippen LogP contribution in [0.5, 0.6) is 0 Å². The molecule has 1 aliphatic heterocycles. The fourth-order valence-electron chi connectivity index (χ4n) is 2.07. The van der Waals surface area contributed by atoms with Gasteiger partial charge in [0.25, 0.3) is 0 Å². The Kier molecular flexibility index (Phi) is 7.36. The highest BCUT2D eigenvalue weighted by Crippen LogP contribution is 2.18. The molecule has 0 saturated carbocycles. The van der Waals surface area contributed by atoms with Gasteiger partial charge in [0, 0.05) is 51.4 Å². The second-order valence-corrected chi connectivity index (χ2v) is 6.84. The van der Waals surface area contributed by atoms with E-state index in [1.54, 1.807) is 0 Å². The Hall–Kier alpha value is -0.543. The standard InChI is InChI=1S/C13H25NO3Si/c1-4-15-18(16-5-2,17-6-3)13-9-12-14-10-7-8-11-14/h4-7,9-10,12-13H2,1-3H3. The summed E-state index contributed by atoms with van der Waals surface area (Å²) in [6, 6.07) is 3.99. The lowest BCUT2D eigenvalue weighted by Crippen LogP contribution is -2.46. The van der Waals surface area contributed by atoms with Crippen molar-refractivity contribution in [2.45, 2.75) is 39.7 Å². The van der Waals surface area contributed by atoms with Crippen molar-refractivity contribution < 1.29 is 13.3 Å². The van der Waals surface area contributed by atoms with Crippen LogP contribution >= 0.6 is 0 Å². The molecular weight excluding hydrogens is 246 g/mol. The summed E-state index contributed by atoms with van der Waals surface area (Å²) in [6.45, 7) is 9.94. The first kappa shape index (κ1) is 15.5. The predicted octanol–water partition coefficient (Wildman–Crippen LogP) is 2.09. The van der Waals surface area contributed by atoms with Gasteiger partial charge in [-0.3, -0.25) is 0 Å². The monoisotopic (exact) mass is 271 g/mol. The fraction of sp³-hybridized carbons (Fsp3) is 0.846. The molecule has 0 amide bonds. The molecule has 0 radical (unpaired) electrons. The van der Waals surface area contributed by atoms with E-state index in [-0.39, 0.29) is 0 Å². The molecule has 0 N–H and O–H groups in total. The van der Waals surface area contributed by atoms with Crippen molar-refractivity contribution in [1.82, 2.24) is 4.90 Å². The van der Waals surface area contributed by atoms with Gasteiger partial charge in [-0.2, -0.15) is 0 Å². The van der Waals surface area contributed by atoms with E-state index < -0.39 is 8.80 Å². The summed E-state index contributed by atoms with van der Waals surface area (Å²) in [5, 5.41) is 0. The fourth-order valence-corrected chi connectivity index (χ4v) is 4.66. The maximum absolute atomic E-state index is 5.82. The Bertz CT molecular complexity index is 271. The van der Waals surface area contributed by atoms with E-state index in [4.69, 9.17) is 13.3 Å². The van der Waals surface area contributed by atoms with Crippen molar-refractivity contribution in [1.29, 1.82) is 0 Å². The van der Waals surface area contributed by atoms with E-state index in [0.717, 1.165) is 32.0 Å². The second kappa shape index (κ2) is 8.54. The zero-order valence-corrected chi connectivity index (χ0v) is 12.8. The zero-order chi connectivity index (χ0) is 13.3. The highest BCUT2D eigenvalue weighted by Gasteiger charge is 2.39. The van der Waals surface area contributed by atoms with Gasteiger partial charge < -0.3 is 18.2 Å². The van der Waals surface area contributed by atoms with Gasteiger partial charge in [0.15, 0.2) is 0 Å². The Labute approximate surface area is 112 Å². The number of rotatable bonds is 10. The summed E-state index contributed by atoms with van der Waals surface area (Å²) < 4.78 is 17.4. The molecule has 1 rings (SSSR count). The molecule has 104 valence electrons. The van der Waals surface area contributed by atoms with Gasteiger partial charge in [0.05, 0.1) is 0 Å². The third-order valence-corrected chi connectivity index (χ3v) is 5.90. The van der Waals surface area contributed by atoms with Crippen LogP contribution in [0.3, 0.4) is 0 Å². The SMILES string of the molecule is CCO[Si](CCCN1C#CCC1)(OCC)OCC. The van der Waals surface area contributed by atoms with E-state index >= 15 is 0 Å². The quantitative estimate of drug-likeness (QED) is 0.450. The molecule has 0 atom stereocenters. The van der Waals surface area contributed by atoms with Gasteiger partial charge in [-0.1, -0.05) is 5.92 Å². The molecule has 5 heteroatoms. The Balaban J connectivity index is 2.40. The van der Waals surface area contributed by atoms with Crippen molar-refractivity contribution in [3.05, 3.63) is 0 Å². The van der Waals surface area contributed by atoms with Crippen LogP contribution in [0.4, 0.5) is 0 Å². The zero-order valence-electron chi connectivity index (χ0n) is 11.8. The maximum atomic E-state index is 5.82. The minimum absolute atomic E-state index is 0.649. The smallest absolute Gasteiger partial charge is 0.374 e.